The number of ether oxygens (including phenoxy) is 4. The maximum Gasteiger partial charge on any atom is 0.349 e. The summed E-state index contributed by atoms with van der Waals surface area (Å²) in [6, 6.07) is 0. The van der Waals surface area contributed by atoms with Gasteiger partial charge in [-0.3, -0.25) is 19.2 Å². The van der Waals surface area contributed by atoms with E-state index in [2.05, 4.69) is 9.47 Å². The number of hydrogen-bond donors (Lipinski definition) is 1. The monoisotopic (exact) mass is 334 g/mol. The number of carboxylic acid groups (broad SMARTS) is 1. The fourth-order valence-corrected chi connectivity index (χ4v) is 1.57. The third-order valence-electron chi connectivity index (χ3n) is 2.27. The van der Waals surface area contributed by atoms with Crippen molar-refractivity contribution in [2.75, 3.05) is 6.61 Å². The molecule has 0 aliphatic rings. The van der Waals surface area contributed by atoms with E-state index in [9.17, 15) is 24.0 Å². The first-order chi connectivity index (χ1) is 10.5. The number of carboxylic acids is 1. The molecule has 0 amide bonds. The van der Waals surface area contributed by atoms with Crippen molar-refractivity contribution in [2.45, 2.75) is 46.0 Å². The van der Waals surface area contributed by atoms with Crippen molar-refractivity contribution in [2.24, 2.45) is 0 Å². The normalized spacial score (nSPS) is 13.9. The van der Waals surface area contributed by atoms with Gasteiger partial charge in [-0.25, -0.2) is 4.79 Å². The summed E-state index contributed by atoms with van der Waals surface area (Å²) in [6.07, 6.45) is -5.12. The number of esters is 4. The number of carbonyl (C=O) groups excluding carboxylic acids is 4. The molecule has 23 heavy (non-hydrogen) atoms. The maximum absolute atomic E-state index is 11.3. The average Bonchev–Trinajstić information content (AvgIpc) is 2.37. The van der Waals surface area contributed by atoms with Crippen LogP contribution in [0.4, 0.5) is 0 Å². The molecule has 0 spiro atoms. The van der Waals surface area contributed by atoms with Crippen LogP contribution in [0.1, 0.15) is 27.7 Å². The summed E-state index contributed by atoms with van der Waals surface area (Å²) in [5, 5.41) is 9.15. The molecule has 130 valence electrons. The highest BCUT2D eigenvalue weighted by Gasteiger charge is 2.42. The van der Waals surface area contributed by atoms with Gasteiger partial charge in [-0.1, -0.05) is 0 Å². The Morgan fingerprint density at radius 3 is 1.61 bits per heavy atom. The lowest BCUT2D eigenvalue weighted by atomic mass is 10.1. The summed E-state index contributed by atoms with van der Waals surface area (Å²) in [5.74, 6) is -5.07. The van der Waals surface area contributed by atoms with Gasteiger partial charge in [0.2, 0.25) is 6.10 Å². The van der Waals surface area contributed by atoms with Crippen LogP contribution in [0.5, 0.6) is 0 Å². The largest absolute Gasteiger partial charge is 0.478 e. The minimum absolute atomic E-state index is 0.585. The van der Waals surface area contributed by atoms with Gasteiger partial charge < -0.3 is 24.1 Å². The smallest absolute Gasteiger partial charge is 0.349 e. The van der Waals surface area contributed by atoms with Crippen LogP contribution in [0.15, 0.2) is 0 Å². The van der Waals surface area contributed by atoms with Crippen molar-refractivity contribution in [1.82, 2.24) is 0 Å². The van der Waals surface area contributed by atoms with Gasteiger partial charge in [0.1, 0.15) is 6.61 Å². The molecular formula is C13H18O10. The highest BCUT2D eigenvalue weighted by Crippen LogP contribution is 2.15. The second-order valence-corrected chi connectivity index (χ2v) is 4.39. The van der Waals surface area contributed by atoms with Crippen LogP contribution in [0.2, 0.25) is 0 Å². The molecule has 0 aliphatic heterocycles. The summed E-state index contributed by atoms with van der Waals surface area (Å²) in [6.45, 7) is 3.45. The fraction of sp³-hybridized carbons (Fsp3) is 0.615. The highest BCUT2D eigenvalue weighted by atomic mass is 16.6. The molecule has 10 nitrogen and oxygen atoms in total. The molecule has 1 N–H and O–H groups in total. The first-order valence-electron chi connectivity index (χ1n) is 6.42. The lowest BCUT2D eigenvalue weighted by molar-refractivity contribution is -0.195. The maximum atomic E-state index is 11.3. The zero-order chi connectivity index (χ0) is 18.2. The van der Waals surface area contributed by atoms with Crippen molar-refractivity contribution < 1.29 is 48.0 Å². The number of rotatable bonds is 8. The van der Waals surface area contributed by atoms with E-state index in [-0.39, 0.29) is 0 Å². The summed E-state index contributed by atoms with van der Waals surface area (Å²) >= 11 is 0. The Balaban J connectivity index is 5.55. The van der Waals surface area contributed by atoms with E-state index >= 15 is 0 Å². The van der Waals surface area contributed by atoms with E-state index in [4.69, 9.17) is 14.6 Å². The second-order valence-electron chi connectivity index (χ2n) is 4.39. The molecule has 0 saturated carbocycles. The molecule has 0 saturated heterocycles. The molecule has 0 aromatic rings. The first-order valence-corrected chi connectivity index (χ1v) is 6.42. The molecule has 3 atom stereocenters. The third kappa shape index (κ3) is 8.39. The molecule has 0 aromatic carbocycles. The SMILES string of the molecule is CC(=O)OC[C@@H](OC(C)=O)[C@H](OC(C)=O)[C@H](OC(C)=O)C(=O)O. The Hall–Kier alpha value is -2.65. The van der Waals surface area contributed by atoms with Crippen molar-refractivity contribution in [3.63, 3.8) is 0 Å². The number of carbonyl (C=O) groups is 5. The molecule has 0 unspecified atom stereocenters. The predicted molar refractivity (Wildman–Crippen MR) is 70.9 cm³/mol. The van der Waals surface area contributed by atoms with E-state index in [0.29, 0.717) is 0 Å². The van der Waals surface area contributed by atoms with Gasteiger partial charge in [0.05, 0.1) is 0 Å². The summed E-state index contributed by atoms with van der Waals surface area (Å²) in [5.41, 5.74) is 0. The minimum Gasteiger partial charge on any atom is -0.478 e. The van der Waals surface area contributed by atoms with Crippen LogP contribution in [0.25, 0.3) is 0 Å². The van der Waals surface area contributed by atoms with Crippen LogP contribution >= 0.6 is 0 Å². The summed E-state index contributed by atoms with van der Waals surface area (Å²) in [4.78, 5) is 55.5. The second kappa shape index (κ2) is 9.38. The number of aliphatic carboxylic acids is 1. The lowest BCUT2D eigenvalue weighted by Gasteiger charge is -2.29. The molecule has 0 bridgehead atoms. The average molecular weight is 334 g/mol. The fourth-order valence-electron chi connectivity index (χ4n) is 1.57. The summed E-state index contributed by atoms with van der Waals surface area (Å²) in [7, 11) is 0. The Bertz CT molecular complexity index is 483. The predicted octanol–water partition coefficient (Wildman–Crippen LogP) is -0.571. The Morgan fingerprint density at radius 1 is 0.783 bits per heavy atom. The third-order valence-corrected chi connectivity index (χ3v) is 2.27. The van der Waals surface area contributed by atoms with E-state index in [1.54, 1.807) is 0 Å². The van der Waals surface area contributed by atoms with Crippen LogP contribution in [0.3, 0.4) is 0 Å². The van der Waals surface area contributed by atoms with Gasteiger partial charge in [0.15, 0.2) is 12.2 Å². The van der Waals surface area contributed by atoms with Crippen molar-refractivity contribution in [3.8, 4) is 0 Å². The minimum atomic E-state index is -1.95. The van der Waals surface area contributed by atoms with Crippen LogP contribution in [-0.4, -0.2) is 59.9 Å². The standard InChI is InChI=1S/C13H18O10/c1-6(14)20-5-10(21-7(2)15)11(22-8(3)16)12(13(18)19)23-9(4)17/h10-12H,5H2,1-4H3,(H,18,19)/t10-,11+,12+/m1/s1. The zero-order valence-corrected chi connectivity index (χ0v) is 13.1. The van der Waals surface area contributed by atoms with Gasteiger partial charge in [0.25, 0.3) is 0 Å². The van der Waals surface area contributed by atoms with Gasteiger partial charge in [-0.2, -0.15) is 0 Å². The molecule has 0 aromatic heterocycles. The highest BCUT2D eigenvalue weighted by molar-refractivity contribution is 5.78. The van der Waals surface area contributed by atoms with Crippen LogP contribution < -0.4 is 0 Å². The van der Waals surface area contributed by atoms with Gasteiger partial charge in [-0.05, 0) is 0 Å². The Morgan fingerprint density at radius 2 is 1.26 bits per heavy atom. The van der Waals surface area contributed by atoms with Gasteiger partial charge >= 0.3 is 29.8 Å². The summed E-state index contributed by atoms with van der Waals surface area (Å²) < 4.78 is 18.9. The molecule has 0 aliphatic carbocycles. The molecule has 0 heterocycles. The van der Waals surface area contributed by atoms with E-state index in [0.717, 1.165) is 27.7 Å². The molecule has 10 heteroatoms. The molecule has 0 radical (unpaired) electrons. The quantitative estimate of drug-likeness (QED) is 0.452. The van der Waals surface area contributed by atoms with Crippen molar-refractivity contribution in [3.05, 3.63) is 0 Å². The topological polar surface area (TPSA) is 142 Å². The van der Waals surface area contributed by atoms with Gasteiger partial charge in [-0.15, -0.1) is 0 Å². The lowest BCUT2D eigenvalue weighted by Crippen LogP contribution is -2.50. The van der Waals surface area contributed by atoms with Crippen LogP contribution in [0, 0.1) is 0 Å². The van der Waals surface area contributed by atoms with Crippen molar-refractivity contribution in [1.29, 1.82) is 0 Å². The van der Waals surface area contributed by atoms with Gasteiger partial charge in [0, 0.05) is 27.7 Å². The van der Waals surface area contributed by atoms with Crippen LogP contribution in [-0.2, 0) is 42.9 Å². The van der Waals surface area contributed by atoms with E-state index in [1.807, 2.05) is 0 Å². The van der Waals surface area contributed by atoms with Crippen molar-refractivity contribution >= 4 is 29.8 Å². The molecule has 0 rings (SSSR count). The first kappa shape index (κ1) is 20.3. The number of hydrogen-bond acceptors (Lipinski definition) is 9. The zero-order valence-electron chi connectivity index (χ0n) is 13.1. The Kier molecular flexibility index (Phi) is 8.30. The van der Waals surface area contributed by atoms with E-state index in [1.165, 1.54) is 0 Å². The van der Waals surface area contributed by atoms with E-state index < -0.39 is 54.8 Å². The molecular weight excluding hydrogens is 316 g/mol. The molecule has 0 fully saturated rings. The Labute approximate surface area is 131 Å².